The maximum absolute atomic E-state index is 12.8. The van der Waals surface area contributed by atoms with E-state index < -0.39 is 0 Å². The predicted octanol–water partition coefficient (Wildman–Crippen LogP) is 3.26. The molecule has 3 nitrogen and oxygen atoms in total. The Morgan fingerprint density at radius 2 is 1.82 bits per heavy atom. The number of piperidine rings is 1. The Morgan fingerprint density at radius 3 is 2.32 bits per heavy atom. The Hall–Kier alpha value is -1.06. The van der Waals surface area contributed by atoms with Crippen molar-refractivity contribution in [3.63, 3.8) is 0 Å². The predicted molar refractivity (Wildman–Crippen MR) is 94.1 cm³/mol. The minimum absolute atomic E-state index is 0. The van der Waals surface area contributed by atoms with E-state index in [0.717, 1.165) is 32.4 Å². The van der Waals surface area contributed by atoms with E-state index in [-0.39, 0.29) is 29.8 Å². The molecule has 1 aromatic rings. The van der Waals surface area contributed by atoms with Crippen molar-refractivity contribution in [2.24, 2.45) is 17.1 Å². The second-order valence-electron chi connectivity index (χ2n) is 7.04. The van der Waals surface area contributed by atoms with E-state index in [1.54, 1.807) is 0 Å². The summed E-state index contributed by atoms with van der Waals surface area (Å²) >= 11 is 0. The molecule has 4 heteroatoms. The molecule has 0 aromatic heterocycles. The zero-order chi connectivity index (χ0) is 15.5. The van der Waals surface area contributed by atoms with Gasteiger partial charge < -0.3 is 10.6 Å². The lowest BCUT2D eigenvalue weighted by Crippen LogP contribution is -2.47. The van der Waals surface area contributed by atoms with Crippen LogP contribution in [0.3, 0.4) is 0 Å². The quantitative estimate of drug-likeness (QED) is 0.924. The monoisotopic (exact) mass is 324 g/mol. The SMILES string of the molecule is CC(N)C1CCN(C(=O)C(C)(C)Cc2ccccc2)CC1.Cl. The van der Waals surface area contributed by atoms with Gasteiger partial charge in [0, 0.05) is 24.5 Å². The zero-order valence-corrected chi connectivity index (χ0v) is 14.7. The van der Waals surface area contributed by atoms with Gasteiger partial charge in [0.25, 0.3) is 0 Å². The second kappa shape index (κ2) is 7.98. The molecular weight excluding hydrogens is 296 g/mol. The van der Waals surface area contributed by atoms with Gasteiger partial charge in [0.2, 0.25) is 5.91 Å². The number of hydrogen-bond donors (Lipinski definition) is 1. The lowest BCUT2D eigenvalue weighted by Gasteiger charge is -2.38. The first-order valence-electron chi connectivity index (χ1n) is 7.99. The Balaban J connectivity index is 0.00000242. The summed E-state index contributed by atoms with van der Waals surface area (Å²) in [4.78, 5) is 14.8. The van der Waals surface area contributed by atoms with Crippen molar-refractivity contribution >= 4 is 18.3 Å². The molecule has 1 aliphatic heterocycles. The minimum atomic E-state index is -0.345. The van der Waals surface area contributed by atoms with Gasteiger partial charge in [0.05, 0.1) is 0 Å². The summed E-state index contributed by atoms with van der Waals surface area (Å²) in [5.41, 5.74) is 6.85. The number of nitrogens with two attached hydrogens (primary N) is 1. The van der Waals surface area contributed by atoms with Crippen molar-refractivity contribution in [1.29, 1.82) is 0 Å². The van der Waals surface area contributed by atoms with Crippen LogP contribution in [0.1, 0.15) is 39.2 Å². The van der Waals surface area contributed by atoms with Crippen LogP contribution in [0, 0.1) is 11.3 Å². The average Bonchev–Trinajstić information content (AvgIpc) is 2.47. The van der Waals surface area contributed by atoms with Crippen LogP contribution in [0.15, 0.2) is 30.3 Å². The standard InChI is InChI=1S/C18H28N2O.ClH/c1-14(19)16-9-11-20(12-10-16)17(21)18(2,3)13-15-7-5-4-6-8-15;/h4-8,14,16H,9-13,19H2,1-3H3;1H. The summed E-state index contributed by atoms with van der Waals surface area (Å²) in [5, 5.41) is 0. The van der Waals surface area contributed by atoms with E-state index in [1.165, 1.54) is 5.56 Å². The number of likely N-dealkylation sites (tertiary alicyclic amines) is 1. The molecule has 0 spiro atoms. The fourth-order valence-electron chi connectivity index (χ4n) is 3.24. The molecule has 1 heterocycles. The third-order valence-corrected chi connectivity index (χ3v) is 4.64. The smallest absolute Gasteiger partial charge is 0.228 e. The molecule has 2 rings (SSSR count). The van der Waals surface area contributed by atoms with Crippen LogP contribution in [-0.2, 0) is 11.2 Å². The van der Waals surface area contributed by atoms with Crippen LogP contribution >= 0.6 is 12.4 Å². The van der Waals surface area contributed by atoms with Crippen LogP contribution in [0.4, 0.5) is 0 Å². The molecule has 22 heavy (non-hydrogen) atoms. The molecule has 0 saturated carbocycles. The van der Waals surface area contributed by atoms with Crippen LogP contribution < -0.4 is 5.73 Å². The third kappa shape index (κ3) is 4.72. The van der Waals surface area contributed by atoms with E-state index in [2.05, 4.69) is 32.9 Å². The molecule has 0 radical (unpaired) electrons. The highest BCUT2D eigenvalue weighted by Gasteiger charge is 2.34. The first kappa shape index (κ1) is 19.0. The topological polar surface area (TPSA) is 46.3 Å². The van der Waals surface area contributed by atoms with Gasteiger partial charge in [-0.3, -0.25) is 4.79 Å². The van der Waals surface area contributed by atoms with Crippen LogP contribution in [0.25, 0.3) is 0 Å². The van der Waals surface area contributed by atoms with Gasteiger partial charge >= 0.3 is 0 Å². The summed E-state index contributed by atoms with van der Waals surface area (Å²) in [7, 11) is 0. The number of carbonyl (C=O) groups excluding carboxylic acids is 1. The maximum Gasteiger partial charge on any atom is 0.228 e. The molecule has 1 saturated heterocycles. The largest absolute Gasteiger partial charge is 0.342 e. The molecule has 2 N–H and O–H groups in total. The van der Waals surface area contributed by atoms with Crippen molar-refractivity contribution in [3.05, 3.63) is 35.9 Å². The van der Waals surface area contributed by atoms with E-state index in [1.807, 2.05) is 23.1 Å². The second-order valence-corrected chi connectivity index (χ2v) is 7.04. The van der Waals surface area contributed by atoms with Gasteiger partial charge in [-0.25, -0.2) is 0 Å². The van der Waals surface area contributed by atoms with Gasteiger partial charge in [-0.1, -0.05) is 44.2 Å². The molecule has 0 bridgehead atoms. The van der Waals surface area contributed by atoms with E-state index in [9.17, 15) is 4.79 Å². The van der Waals surface area contributed by atoms with Crippen molar-refractivity contribution in [1.82, 2.24) is 4.90 Å². The van der Waals surface area contributed by atoms with Gasteiger partial charge in [0.1, 0.15) is 0 Å². The fraction of sp³-hybridized carbons (Fsp3) is 0.611. The molecule has 1 unspecified atom stereocenters. The number of benzene rings is 1. The minimum Gasteiger partial charge on any atom is -0.342 e. The van der Waals surface area contributed by atoms with E-state index >= 15 is 0 Å². The molecular formula is C18H29ClN2O. The van der Waals surface area contributed by atoms with Gasteiger partial charge in [0.15, 0.2) is 0 Å². The Kier molecular flexibility index (Phi) is 6.89. The lowest BCUT2D eigenvalue weighted by atomic mass is 9.83. The van der Waals surface area contributed by atoms with Crippen LogP contribution in [0.2, 0.25) is 0 Å². The number of amides is 1. The van der Waals surface area contributed by atoms with Crippen molar-refractivity contribution < 1.29 is 4.79 Å². The molecule has 1 amide bonds. The zero-order valence-electron chi connectivity index (χ0n) is 13.9. The van der Waals surface area contributed by atoms with Crippen molar-refractivity contribution in [3.8, 4) is 0 Å². The lowest BCUT2D eigenvalue weighted by molar-refractivity contribution is -0.141. The van der Waals surface area contributed by atoms with Crippen LogP contribution in [-0.4, -0.2) is 29.9 Å². The van der Waals surface area contributed by atoms with Crippen molar-refractivity contribution in [2.75, 3.05) is 13.1 Å². The van der Waals surface area contributed by atoms with E-state index in [4.69, 9.17) is 5.73 Å². The summed E-state index contributed by atoms with van der Waals surface area (Å²) in [6, 6.07) is 10.5. The number of halogens is 1. The molecule has 0 aliphatic carbocycles. The Morgan fingerprint density at radius 1 is 1.27 bits per heavy atom. The summed E-state index contributed by atoms with van der Waals surface area (Å²) in [6.45, 7) is 7.88. The maximum atomic E-state index is 12.8. The van der Waals surface area contributed by atoms with E-state index in [0.29, 0.717) is 5.92 Å². The molecule has 1 aromatic carbocycles. The summed E-state index contributed by atoms with van der Waals surface area (Å²) in [5.74, 6) is 0.834. The molecule has 1 atom stereocenters. The normalized spacial score (nSPS) is 17.7. The number of nitrogens with zero attached hydrogens (tertiary/aromatic N) is 1. The number of carbonyl (C=O) groups is 1. The first-order chi connectivity index (χ1) is 9.90. The highest BCUT2D eigenvalue weighted by molar-refractivity contribution is 5.85. The third-order valence-electron chi connectivity index (χ3n) is 4.64. The number of hydrogen-bond acceptors (Lipinski definition) is 2. The number of rotatable bonds is 4. The first-order valence-corrected chi connectivity index (χ1v) is 7.99. The summed E-state index contributed by atoms with van der Waals surface area (Å²) in [6.07, 6.45) is 2.86. The summed E-state index contributed by atoms with van der Waals surface area (Å²) < 4.78 is 0. The van der Waals surface area contributed by atoms with Gasteiger partial charge in [-0.05, 0) is 37.7 Å². The molecule has 1 aliphatic rings. The Bertz CT molecular complexity index is 465. The Labute approximate surface area is 140 Å². The molecule has 124 valence electrons. The van der Waals surface area contributed by atoms with Crippen LogP contribution in [0.5, 0.6) is 0 Å². The van der Waals surface area contributed by atoms with Gasteiger partial charge in [-0.15, -0.1) is 12.4 Å². The van der Waals surface area contributed by atoms with Gasteiger partial charge in [-0.2, -0.15) is 0 Å². The fourth-order valence-corrected chi connectivity index (χ4v) is 3.24. The average molecular weight is 325 g/mol. The molecule has 1 fully saturated rings. The highest BCUT2D eigenvalue weighted by Crippen LogP contribution is 2.28. The highest BCUT2D eigenvalue weighted by atomic mass is 35.5. The van der Waals surface area contributed by atoms with Crippen molar-refractivity contribution in [2.45, 2.75) is 46.1 Å².